The topological polar surface area (TPSA) is 69.6 Å². The van der Waals surface area contributed by atoms with E-state index < -0.39 is 5.97 Å². The number of aliphatic hydroxyl groups is 1. The van der Waals surface area contributed by atoms with Gasteiger partial charge in [-0.1, -0.05) is 43.5 Å². The Morgan fingerprint density at radius 2 is 1.85 bits per heavy atom. The molecule has 4 heteroatoms. The second-order valence-corrected chi connectivity index (χ2v) is 5.53. The van der Waals surface area contributed by atoms with E-state index in [2.05, 4.69) is 5.32 Å². The number of nitrogens with one attached hydrogen (secondary N) is 1. The van der Waals surface area contributed by atoms with E-state index in [4.69, 9.17) is 5.11 Å². The number of carboxylic acids is 1. The highest BCUT2D eigenvalue weighted by Crippen LogP contribution is 2.19. The summed E-state index contributed by atoms with van der Waals surface area (Å²) < 4.78 is 0. The van der Waals surface area contributed by atoms with Crippen molar-refractivity contribution >= 4 is 5.97 Å². The van der Waals surface area contributed by atoms with E-state index >= 15 is 0 Å². The van der Waals surface area contributed by atoms with E-state index in [9.17, 15) is 9.90 Å². The average Bonchev–Trinajstić information content (AvgIpc) is 2.62. The largest absolute Gasteiger partial charge is 0.481 e. The van der Waals surface area contributed by atoms with Crippen LogP contribution in [-0.2, 0) is 17.8 Å². The van der Waals surface area contributed by atoms with Gasteiger partial charge in [0.05, 0.1) is 12.5 Å². The number of aliphatic carboxylic acids is 1. The molecule has 0 amide bonds. The first kappa shape index (κ1) is 15.0. The Balaban J connectivity index is 1.97. The van der Waals surface area contributed by atoms with Gasteiger partial charge in [-0.25, -0.2) is 0 Å². The fraction of sp³-hybridized carbons (Fsp3) is 0.562. The lowest BCUT2D eigenvalue weighted by molar-refractivity contribution is -0.136. The molecule has 0 heterocycles. The number of rotatable bonds is 5. The summed E-state index contributed by atoms with van der Waals surface area (Å²) >= 11 is 0. The fourth-order valence-corrected chi connectivity index (χ4v) is 2.83. The zero-order valence-corrected chi connectivity index (χ0v) is 11.7. The zero-order chi connectivity index (χ0) is 14.4. The molecule has 1 saturated carbocycles. The van der Waals surface area contributed by atoms with Crippen molar-refractivity contribution in [3.63, 3.8) is 0 Å². The maximum absolute atomic E-state index is 10.9. The Labute approximate surface area is 119 Å². The van der Waals surface area contributed by atoms with Gasteiger partial charge in [0.2, 0.25) is 0 Å². The van der Waals surface area contributed by atoms with Crippen molar-refractivity contribution in [3.8, 4) is 0 Å². The van der Waals surface area contributed by atoms with Crippen LogP contribution >= 0.6 is 0 Å². The maximum atomic E-state index is 10.9. The zero-order valence-electron chi connectivity index (χ0n) is 11.7. The Morgan fingerprint density at radius 3 is 2.60 bits per heavy atom. The molecule has 1 aliphatic carbocycles. The van der Waals surface area contributed by atoms with Crippen LogP contribution in [0, 0.1) is 0 Å². The van der Waals surface area contributed by atoms with Crippen LogP contribution in [0.2, 0.25) is 0 Å². The molecular formula is C16H23NO3. The van der Waals surface area contributed by atoms with Crippen LogP contribution in [0.1, 0.15) is 43.2 Å². The van der Waals surface area contributed by atoms with Gasteiger partial charge < -0.3 is 15.5 Å². The van der Waals surface area contributed by atoms with Gasteiger partial charge in [-0.2, -0.15) is 0 Å². The highest BCUT2D eigenvalue weighted by atomic mass is 16.4. The standard InChI is InChI=1S/C16H23NO3/c18-15-9-3-1-2-8-14(15)17-11-13-7-5-4-6-12(13)10-16(19)20/h4-7,14-15,17-18H,1-3,8-11H2,(H,19,20). The van der Waals surface area contributed by atoms with Gasteiger partial charge in [-0.3, -0.25) is 4.79 Å². The Bertz CT molecular complexity index is 447. The number of carbonyl (C=O) groups is 1. The van der Waals surface area contributed by atoms with Crippen molar-refractivity contribution < 1.29 is 15.0 Å². The minimum Gasteiger partial charge on any atom is -0.481 e. The van der Waals surface area contributed by atoms with E-state index in [0.717, 1.165) is 36.8 Å². The summed E-state index contributed by atoms with van der Waals surface area (Å²) in [5.74, 6) is -0.813. The van der Waals surface area contributed by atoms with Crippen LogP contribution < -0.4 is 5.32 Å². The number of benzene rings is 1. The molecule has 1 aromatic rings. The summed E-state index contributed by atoms with van der Waals surface area (Å²) in [6, 6.07) is 7.72. The fourth-order valence-electron chi connectivity index (χ4n) is 2.83. The summed E-state index contributed by atoms with van der Waals surface area (Å²) in [5.41, 5.74) is 1.85. The Kier molecular flexibility index (Phi) is 5.56. The summed E-state index contributed by atoms with van der Waals surface area (Å²) in [6.45, 7) is 0.616. The summed E-state index contributed by atoms with van der Waals surface area (Å²) in [6.07, 6.45) is 5.02. The van der Waals surface area contributed by atoms with Gasteiger partial charge in [0.15, 0.2) is 0 Å². The SMILES string of the molecule is O=C(O)Cc1ccccc1CNC1CCCCCC1O. The number of aliphatic hydroxyl groups excluding tert-OH is 1. The van der Waals surface area contributed by atoms with Crippen molar-refractivity contribution in [2.24, 2.45) is 0 Å². The van der Waals surface area contributed by atoms with Gasteiger partial charge in [0.1, 0.15) is 0 Å². The van der Waals surface area contributed by atoms with Crippen LogP contribution in [0.3, 0.4) is 0 Å². The van der Waals surface area contributed by atoms with E-state index in [1.807, 2.05) is 24.3 Å². The van der Waals surface area contributed by atoms with Crippen molar-refractivity contribution in [3.05, 3.63) is 35.4 Å². The predicted octanol–water partition coefficient (Wildman–Crippen LogP) is 2.10. The van der Waals surface area contributed by atoms with Crippen molar-refractivity contribution in [2.75, 3.05) is 0 Å². The molecule has 3 N–H and O–H groups in total. The average molecular weight is 277 g/mol. The molecule has 20 heavy (non-hydrogen) atoms. The second kappa shape index (κ2) is 7.41. The Morgan fingerprint density at radius 1 is 1.15 bits per heavy atom. The van der Waals surface area contributed by atoms with Crippen LogP contribution in [-0.4, -0.2) is 28.3 Å². The third-order valence-corrected chi connectivity index (χ3v) is 3.99. The van der Waals surface area contributed by atoms with Gasteiger partial charge in [-0.15, -0.1) is 0 Å². The smallest absolute Gasteiger partial charge is 0.307 e. The van der Waals surface area contributed by atoms with Crippen LogP contribution in [0.25, 0.3) is 0 Å². The first-order chi connectivity index (χ1) is 9.66. The summed E-state index contributed by atoms with van der Waals surface area (Å²) in [5, 5.41) is 22.4. The first-order valence-electron chi connectivity index (χ1n) is 7.37. The molecule has 0 aromatic heterocycles. The van der Waals surface area contributed by atoms with E-state index in [1.165, 1.54) is 6.42 Å². The first-order valence-corrected chi connectivity index (χ1v) is 7.37. The highest BCUT2D eigenvalue weighted by molar-refractivity contribution is 5.70. The molecule has 2 rings (SSSR count). The van der Waals surface area contributed by atoms with Gasteiger partial charge in [-0.05, 0) is 24.0 Å². The summed E-state index contributed by atoms with van der Waals surface area (Å²) in [4.78, 5) is 10.9. The van der Waals surface area contributed by atoms with Crippen LogP contribution in [0.5, 0.6) is 0 Å². The Hall–Kier alpha value is -1.39. The third kappa shape index (κ3) is 4.32. The molecule has 1 aliphatic rings. The van der Waals surface area contributed by atoms with E-state index in [-0.39, 0.29) is 18.6 Å². The second-order valence-electron chi connectivity index (χ2n) is 5.53. The van der Waals surface area contributed by atoms with Gasteiger partial charge >= 0.3 is 5.97 Å². The quantitative estimate of drug-likeness (QED) is 0.721. The highest BCUT2D eigenvalue weighted by Gasteiger charge is 2.21. The molecule has 1 fully saturated rings. The molecule has 4 nitrogen and oxygen atoms in total. The van der Waals surface area contributed by atoms with Crippen molar-refractivity contribution in [2.45, 2.75) is 57.2 Å². The van der Waals surface area contributed by atoms with Crippen molar-refractivity contribution in [1.29, 1.82) is 0 Å². The predicted molar refractivity (Wildman–Crippen MR) is 77.5 cm³/mol. The molecule has 0 saturated heterocycles. The molecule has 0 aliphatic heterocycles. The van der Waals surface area contributed by atoms with Crippen molar-refractivity contribution in [1.82, 2.24) is 5.32 Å². The third-order valence-electron chi connectivity index (χ3n) is 3.99. The molecule has 1 aromatic carbocycles. The summed E-state index contributed by atoms with van der Waals surface area (Å²) in [7, 11) is 0. The molecule has 0 spiro atoms. The lowest BCUT2D eigenvalue weighted by atomic mass is 10.0. The minimum atomic E-state index is -0.813. The van der Waals surface area contributed by atoms with E-state index in [1.54, 1.807) is 0 Å². The lowest BCUT2D eigenvalue weighted by Crippen LogP contribution is -2.38. The van der Waals surface area contributed by atoms with E-state index in [0.29, 0.717) is 6.54 Å². The molecular weight excluding hydrogens is 254 g/mol. The molecule has 0 bridgehead atoms. The van der Waals surface area contributed by atoms with Gasteiger partial charge in [0.25, 0.3) is 0 Å². The molecule has 0 radical (unpaired) electrons. The van der Waals surface area contributed by atoms with Crippen LogP contribution in [0.15, 0.2) is 24.3 Å². The normalized spacial score (nSPS) is 23.2. The number of carboxylic acid groups (broad SMARTS) is 1. The monoisotopic (exact) mass is 277 g/mol. The minimum absolute atomic E-state index is 0.0467. The lowest BCUT2D eigenvalue weighted by Gasteiger charge is -2.22. The molecule has 2 unspecified atom stereocenters. The maximum Gasteiger partial charge on any atom is 0.307 e. The van der Waals surface area contributed by atoms with Crippen LogP contribution in [0.4, 0.5) is 0 Å². The number of hydrogen-bond donors (Lipinski definition) is 3. The molecule has 110 valence electrons. The molecule has 2 atom stereocenters. The number of hydrogen-bond acceptors (Lipinski definition) is 3. The van der Waals surface area contributed by atoms with Gasteiger partial charge in [0, 0.05) is 12.6 Å².